The van der Waals surface area contributed by atoms with Crippen molar-refractivity contribution in [1.29, 1.82) is 0 Å². The average molecular weight is 245 g/mol. The molecule has 0 bridgehead atoms. The first kappa shape index (κ1) is 12.7. The number of aromatic nitrogens is 4. The molecule has 0 aliphatic carbocycles. The fourth-order valence-electron chi connectivity index (χ4n) is 2.13. The quantitative estimate of drug-likeness (QED) is 0.882. The van der Waals surface area contributed by atoms with Crippen LogP contribution in [-0.2, 0) is 12.8 Å². The van der Waals surface area contributed by atoms with E-state index in [2.05, 4.69) is 28.9 Å². The zero-order chi connectivity index (χ0) is 13.1. The highest BCUT2D eigenvalue weighted by molar-refractivity contribution is 5.29. The molecule has 0 saturated carbocycles. The maximum Gasteiger partial charge on any atom is 0.250 e. The van der Waals surface area contributed by atoms with Gasteiger partial charge in [0.15, 0.2) is 0 Å². The second kappa shape index (κ2) is 5.27. The van der Waals surface area contributed by atoms with E-state index in [1.807, 2.05) is 19.3 Å². The van der Waals surface area contributed by atoms with E-state index in [1.54, 1.807) is 4.68 Å². The first-order chi connectivity index (χ1) is 8.67. The Morgan fingerprint density at radius 2 is 1.89 bits per heavy atom. The topological polar surface area (TPSA) is 69.6 Å². The number of nitrogens with zero attached hydrogens (tertiary/aromatic N) is 4. The molecule has 0 fully saturated rings. The molecule has 18 heavy (non-hydrogen) atoms. The summed E-state index contributed by atoms with van der Waals surface area (Å²) in [6, 6.07) is 0. The van der Waals surface area contributed by atoms with Gasteiger partial charge < -0.3 is 5.73 Å². The van der Waals surface area contributed by atoms with Gasteiger partial charge in [-0.15, -0.1) is 0 Å². The van der Waals surface area contributed by atoms with E-state index in [4.69, 9.17) is 5.73 Å². The molecule has 5 nitrogen and oxygen atoms in total. The Morgan fingerprint density at radius 3 is 2.39 bits per heavy atom. The number of hydrogen-bond acceptors (Lipinski definition) is 4. The largest absolute Gasteiger partial charge is 0.330 e. The lowest BCUT2D eigenvalue weighted by Crippen LogP contribution is -2.08. The lowest BCUT2D eigenvalue weighted by Gasteiger charge is -2.04. The summed E-state index contributed by atoms with van der Waals surface area (Å²) in [6.45, 7) is 6.82. The second-order valence-corrected chi connectivity index (χ2v) is 4.34. The van der Waals surface area contributed by atoms with Crippen molar-refractivity contribution in [3.8, 4) is 5.95 Å². The Labute approximate surface area is 107 Å². The van der Waals surface area contributed by atoms with Crippen LogP contribution in [0, 0.1) is 13.8 Å². The average Bonchev–Trinajstić information content (AvgIpc) is 2.66. The van der Waals surface area contributed by atoms with E-state index in [-0.39, 0.29) is 0 Å². The zero-order valence-corrected chi connectivity index (χ0v) is 11.1. The molecule has 0 spiro atoms. The maximum atomic E-state index is 5.50. The molecular weight excluding hydrogens is 226 g/mol. The van der Waals surface area contributed by atoms with Crippen molar-refractivity contribution in [3.05, 3.63) is 34.9 Å². The number of nitrogens with two attached hydrogens (primary N) is 1. The summed E-state index contributed by atoms with van der Waals surface area (Å²) in [7, 11) is 0. The van der Waals surface area contributed by atoms with Crippen LogP contribution in [0.15, 0.2) is 12.4 Å². The van der Waals surface area contributed by atoms with Crippen molar-refractivity contribution in [1.82, 2.24) is 19.7 Å². The fraction of sp³-hybridized carbons (Fsp3) is 0.462. The Hall–Kier alpha value is -1.75. The third-order valence-electron chi connectivity index (χ3n) is 3.11. The molecule has 5 heteroatoms. The monoisotopic (exact) mass is 245 g/mol. The maximum absolute atomic E-state index is 5.50. The summed E-state index contributed by atoms with van der Waals surface area (Å²) in [4.78, 5) is 8.70. The number of hydrogen-bond donors (Lipinski definition) is 1. The first-order valence-corrected chi connectivity index (χ1v) is 6.23. The van der Waals surface area contributed by atoms with Crippen LogP contribution in [0.5, 0.6) is 0 Å². The van der Waals surface area contributed by atoms with Crippen molar-refractivity contribution in [2.24, 2.45) is 5.73 Å². The fourth-order valence-corrected chi connectivity index (χ4v) is 2.13. The molecular formula is C13H19N5. The molecule has 2 rings (SSSR count). The van der Waals surface area contributed by atoms with Crippen molar-refractivity contribution < 1.29 is 0 Å². The van der Waals surface area contributed by atoms with Gasteiger partial charge in [0, 0.05) is 18.1 Å². The van der Waals surface area contributed by atoms with Crippen LogP contribution in [0.4, 0.5) is 0 Å². The minimum atomic E-state index is 0.614. The third kappa shape index (κ3) is 2.26. The minimum Gasteiger partial charge on any atom is -0.330 e. The summed E-state index contributed by atoms with van der Waals surface area (Å²) < 4.78 is 1.81. The van der Waals surface area contributed by atoms with Gasteiger partial charge in [-0.2, -0.15) is 5.10 Å². The van der Waals surface area contributed by atoms with Gasteiger partial charge in [-0.1, -0.05) is 6.92 Å². The zero-order valence-electron chi connectivity index (χ0n) is 11.1. The van der Waals surface area contributed by atoms with Gasteiger partial charge >= 0.3 is 0 Å². The highest BCUT2D eigenvalue weighted by atomic mass is 15.4. The van der Waals surface area contributed by atoms with Crippen molar-refractivity contribution in [2.75, 3.05) is 6.54 Å². The van der Waals surface area contributed by atoms with Gasteiger partial charge in [-0.3, -0.25) is 0 Å². The van der Waals surface area contributed by atoms with Crippen LogP contribution in [0.2, 0.25) is 0 Å². The summed E-state index contributed by atoms with van der Waals surface area (Å²) in [5, 5.41) is 4.49. The van der Waals surface area contributed by atoms with E-state index in [1.165, 1.54) is 5.56 Å². The second-order valence-electron chi connectivity index (χ2n) is 4.34. The van der Waals surface area contributed by atoms with Crippen molar-refractivity contribution in [3.63, 3.8) is 0 Å². The molecule has 2 aromatic heterocycles. The van der Waals surface area contributed by atoms with Crippen LogP contribution < -0.4 is 5.73 Å². The summed E-state index contributed by atoms with van der Waals surface area (Å²) in [5.74, 6) is 0.621. The first-order valence-electron chi connectivity index (χ1n) is 6.23. The van der Waals surface area contributed by atoms with Gasteiger partial charge in [0.25, 0.3) is 5.95 Å². The third-order valence-corrected chi connectivity index (χ3v) is 3.11. The molecule has 0 saturated heterocycles. The normalized spacial score (nSPS) is 10.9. The molecule has 2 N–H and O–H groups in total. The van der Waals surface area contributed by atoms with Crippen LogP contribution in [0.1, 0.15) is 29.4 Å². The van der Waals surface area contributed by atoms with Gasteiger partial charge in [-0.25, -0.2) is 14.6 Å². The van der Waals surface area contributed by atoms with E-state index in [0.29, 0.717) is 12.5 Å². The van der Waals surface area contributed by atoms with E-state index in [9.17, 15) is 0 Å². The minimum absolute atomic E-state index is 0.614. The Morgan fingerprint density at radius 1 is 1.22 bits per heavy atom. The molecule has 2 heterocycles. The van der Waals surface area contributed by atoms with E-state index in [0.717, 1.165) is 29.8 Å². The molecule has 96 valence electrons. The van der Waals surface area contributed by atoms with Gasteiger partial charge in [0.2, 0.25) is 0 Å². The Kier molecular flexibility index (Phi) is 3.72. The molecule has 0 atom stereocenters. The Bertz CT molecular complexity index is 527. The molecule has 0 unspecified atom stereocenters. The molecule has 0 aliphatic heterocycles. The van der Waals surface area contributed by atoms with Crippen LogP contribution in [0.3, 0.4) is 0 Å². The summed E-state index contributed by atoms with van der Waals surface area (Å²) >= 11 is 0. The highest BCUT2D eigenvalue weighted by Gasteiger charge is 2.12. The predicted molar refractivity (Wildman–Crippen MR) is 70.8 cm³/mol. The highest BCUT2D eigenvalue weighted by Crippen LogP contribution is 2.15. The van der Waals surface area contributed by atoms with Gasteiger partial charge in [0.05, 0.1) is 5.69 Å². The van der Waals surface area contributed by atoms with Crippen LogP contribution in [-0.4, -0.2) is 26.3 Å². The van der Waals surface area contributed by atoms with E-state index >= 15 is 0 Å². The molecule has 0 radical (unpaired) electrons. The van der Waals surface area contributed by atoms with Gasteiger partial charge in [-0.05, 0) is 44.4 Å². The lowest BCUT2D eigenvalue weighted by molar-refractivity contribution is 0.767. The van der Waals surface area contributed by atoms with Crippen LogP contribution >= 0.6 is 0 Å². The van der Waals surface area contributed by atoms with Gasteiger partial charge in [0.1, 0.15) is 0 Å². The molecule has 0 aliphatic rings. The Balaban J connectivity index is 2.36. The molecule has 0 aromatic carbocycles. The molecule has 0 amide bonds. The SMILES string of the molecule is CCc1c(C)nn(-c2ncc(CCN)cn2)c1C. The van der Waals surface area contributed by atoms with Crippen molar-refractivity contribution in [2.45, 2.75) is 33.6 Å². The number of aryl methyl sites for hydroxylation is 1. The van der Waals surface area contributed by atoms with Crippen molar-refractivity contribution >= 4 is 0 Å². The molecule has 2 aromatic rings. The smallest absolute Gasteiger partial charge is 0.250 e. The van der Waals surface area contributed by atoms with E-state index < -0.39 is 0 Å². The summed E-state index contributed by atoms with van der Waals surface area (Å²) in [5.41, 5.74) is 9.98. The van der Waals surface area contributed by atoms with Crippen LogP contribution in [0.25, 0.3) is 5.95 Å². The number of rotatable bonds is 4. The lowest BCUT2D eigenvalue weighted by atomic mass is 10.1. The summed E-state index contributed by atoms with van der Waals surface area (Å²) in [6.07, 6.45) is 5.41. The standard InChI is InChI=1S/C13H19N5/c1-4-12-9(2)17-18(10(12)3)13-15-7-11(5-6-14)8-16-13/h7-8H,4-6,14H2,1-3H3. The predicted octanol–water partition coefficient (Wildman–Crippen LogP) is 1.34.